The van der Waals surface area contributed by atoms with Crippen LogP contribution in [0.4, 0.5) is 16.2 Å². The maximum absolute atomic E-state index is 13.0. The van der Waals surface area contributed by atoms with Crippen molar-refractivity contribution in [2.75, 3.05) is 16.8 Å². The van der Waals surface area contributed by atoms with Crippen LogP contribution in [0, 0.1) is 0 Å². The fourth-order valence-corrected chi connectivity index (χ4v) is 3.99. The zero-order chi connectivity index (χ0) is 23.4. The zero-order valence-corrected chi connectivity index (χ0v) is 18.4. The molecule has 168 valence electrons. The number of hydrogen-bond acceptors (Lipinski definition) is 3. The van der Waals surface area contributed by atoms with Gasteiger partial charge in [-0.2, -0.15) is 0 Å². The molecule has 0 spiro atoms. The smallest absolute Gasteiger partial charge is 0.336 e. The van der Waals surface area contributed by atoms with Crippen LogP contribution in [0.3, 0.4) is 0 Å². The van der Waals surface area contributed by atoms with Gasteiger partial charge in [0.2, 0.25) is 5.91 Å². The Balaban J connectivity index is 1.45. The van der Waals surface area contributed by atoms with Gasteiger partial charge in [0.05, 0.1) is 5.56 Å². The first-order valence-corrected chi connectivity index (χ1v) is 10.9. The minimum Gasteiger partial charge on any atom is -0.478 e. The van der Waals surface area contributed by atoms with Gasteiger partial charge >= 0.3 is 12.0 Å². The number of benzene rings is 3. The summed E-state index contributed by atoms with van der Waals surface area (Å²) in [6, 6.07) is 19.6. The first kappa shape index (κ1) is 22.4. The third-order valence-corrected chi connectivity index (χ3v) is 5.75. The van der Waals surface area contributed by atoms with Gasteiger partial charge in [0, 0.05) is 22.9 Å². The standard InChI is InChI=1S/C25H22ClN3O4/c26-17-9-11-18(12-10-17)27-25(33)28-22-6-3-15-29(23(22)30)19-13-7-16(8-14-19)20-4-1-2-5-21(20)24(31)32/h1-2,4-5,7-14,22H,3,6,15H2,(H,31,32)(H2,27,28,33)/t22-/m1/s1. The second kappa shape index (κ2) is 9.75. The fraction of sp³-hybridized carbons (Fsp3) is 0.160. The van der Waals surface area contributed by atoms with Crippen molar-refractivity contribution >= 4 is 40.9 Å². The molecule has 0 bridgehead atoms. The van der Waals surface area contributed by atoms with Crippen LogP contribution in [-0.4, -0.2) is 35.6 Å². The number of piperidine rings is 1. The number of nitrogens with one attached hydrogen (secondary N) is 2. The molecular weight excluding hydrogens is 442 g/mol. The maximum Gasteiger partial charge on any atom is 0.336 e. The topological polar surface area (TPSA) is 98.7 Å². The largest absolute Gasteiger partial charge is 0.478 e. The number of urea groups is 1. The fourth-order valence-electron chi connectivity index (χ4n) is 3.87. The van der Waals surface area contributed by atoms with Crippen LogP contribution in [0.15, 0.2) is 72.8 Å². The Kier molecular flexibility index (Phi) is 6.60. The predicted molar refractivity (Wildman–Crippen MR) is 128 cm³/mol. The molecule has 3 aromatic rings. The molecule has 0 unspecified atom stereocenters. The first-order valence-electron chi connectivity index (χ1n) is 10.5. The van der Waals surface area contributed by atoms with E-state index in [-0.39, 0.29) is 11.5 Å². The van der Waals surface area contributed by atoms with Crippen molar-refractivity contribution in [1.82, 2.24) is 5.32 Å². The summed E-state index contributed by atoms with van der Waals surface area (Å²) >= 11 is 5.86. The van der Waals surface area contributed by atoms with Gasteiger partial charge in [-0.25, -0.2) is 9.59 Å². The van der Waals surface area contributed by atoms with E-state index >= 15 is 0 Å². The van der Waals surface area contributed by atoms with E-state index in [0.29, 0.717) is 34.9 Å². The van der Waals surface area contributed by atoms with Crippen molar-refractivity contribution < 1.29 is 19.5 Å². The van der Waals surface area contributed by atoms with Crippen molar-refractivity contribution in [3.8, 4) is 11.1 Å². The van der Waals surface area contributed by atoms with Gasteiger partial charge in [0.1, 0.15) is 6.04 Å². The Morgan fingerprint density at radius 2 is 1.67 bits per heavy atom. The minimum absolute atomic E-state index is 0.189. The van der Waals surface area contributed by atoms with Gasteiger partial charge in [0.25, 0.3) is 0 Å². The van der Waals surface area contributed by atoms with Gasteiger partial charge in [0.15, 0.2) is 0 Å². The zero-order valence-electron chi connectivity index (χ0n) is 17.6. The molecule has 1 heterocycles. The van der Waals surface area contributed by atoms with E-state index in [0.717, 1.165) is 12.0 Å². The lowest BCUT2D eigenvalue weighted by atomic mass is 9.98. The average molecular weight is 464 g/mol. The number of halogens is 1. The number of carbonyl (C=O) groups is 3. The van der Waals surface area contributed by atoms with E-state index in [1.54, 1.807) is 77.7 Å². The molecule has 1 aliphatic heterocycles. The van der Waals surface area contributed by atoms with E-state index in [1.807, 2.05) is 0 Å². The second-order valence-electron chi connectivity index (χ2n) is 7.69. The van der Waals surface area contributed by atoms with Gasteiger partial charge < -0.3 is 20.6 Å². The average Bonchev–Trinajstić information content (AvgIpc) is 2.82. The van der Waals surface area contributed by atoms with E-state index in [4.69, 9.17) is 11.6 Å². The number of aromatic carboxylic acids is 1. The van der Waals surface area contributed by atoms with Crippen LogP contribution < -0.4 is 15.5 Å². The SMILES string of the molecule is O=C(Nc1ccc(Cl)cc1)N[C@@H]1CCCN(c2ccc(-c3ccccc3C(=O)O)cc2)C1=O. The molecule has 3 amide bonds. The summed E-state index contributed by atoms with van der Waals surface area (Å²) in [5.74, 6) is -1.18. The van der Waals surface area contributed by atoms with Gasteiger partial charge in [-0.05, 0) is 66.4 Å². The first-order chi connectivity index (χ1) is 15.9. The van der Waals surface area contributed by atoms with Crippen molar-refractivity contribution in [3.63, 3.8) is 0 Å². The number of carboxylic acids is 1. The summed E-state index contributed by atoms with van der Waals surface area (Å²) in [6.07, 6.45) is 1.29. The van der Waals surface area contributed by atoms with Crippen LogP contribution in [0.5, 0.6) is 0 Å². The van der Waals surface area contributed by atoms with Crippen LogP contribution in [0.2, 0.25) is 5.02 Å². The third kappa shape index (κ3) is 5.15. The summed E-state index contributed by atoms with van der Waals surface area (Å²) < 4.78 is 0. The molecular formula is C25H22ClN3O4. The summed E-state index contributed by atoms with van der Waals surface area (Å²) in [7, 11) is 0. The number of anilines is 2. The highest BCUT2D eigenvalue weighted by Crippen LogP contribution is 2.28. The molecule has 1 fully saturated rings. The molecule has 0 saturated carbocycles. The number of carboxylic acid groups (broad SMARTS) is 1. The highest BCUT2D eigenvalue weighted by molar-refractivity contribution is 6.30. The molecule has 8 heteroatoms. The van der Waals surface area contributed by atoms with Gasteiger partial charge in [-0.3, -0.25) is 4.79 Å². The summed E-state index contributed by atoms with van der Waals surface area (Å²) in [5.41, 5.74) is 2.85. The van der Waals surface area contributed by atoms with Crippen LogP contribution >= 0.6 is 11.6 Å². The van der Waals surface area contributed by atoms with E-state index < -0.39 is 18.0 Å². The quantitative estimate of drug-likeness (QED) is 0.494. The Morgan fingerprint density at radius 1 is 0.970 bits per heavy atom. The third-order valence-electron chi connectivity index (χ3n) is 5.49. The van der Waals surface area contributed by atoms with Crippen molar-refractivity contribution in [3.05, 3.63) is 83.4 Å². The Bertz CT molecular complexity index is 1180. The van der Waals surface area contributed by atoms with E-state index in [9.17, 15) is 19.5 Å². The predicted octanol–water partition coefficient (Wildman–Crippen LogP) is 5.02. The summed E-state index contributed by atoms with van der Waals surface area (Å²) in [5, 5.41) is 15.4. The number of hydrogen-bond donors (Lipinski definition) is 3. The van der Waals surface area contributed by atoms with E-state index in [2.05, 4.69) is 10.6 Å². The monoisotopic (exact) mass is 463 g/mol. The van der Waals surface area contributed by atoms with Gasteiger partial charge in [-0.1, -0.05) is 41.9 Å². The molecule has 0 radical (unpaired) electrons. The summed E-state index contributed by atoms with van der Waals surface area (Å²) in [4.78, 5) is 38.6. The lowest BCUT2D eigenvalue weighted by Gasteiger charge is -2.32. The highest BCUT2D eigenvalue weighted by Gasteiger charge is 2.31. The van der Waals surface area contributed by atoms with Crippen molar-refractivity contribution in [2.45, 2.75) is 18.9 Å². The lowest BCUT2D eigenvalue weighted by molar-refractivity contribution is -0.121. The van der Waals surface area contributed by atoms with Crippen LogP contribution in [0.25, 0.3) is 11.1 Å². The normalized spacial score (nSPS) is 15.7. The maximum atomic E-state index is 13.0. The van der Waals surface area contributed by atoms with Crippen LogP contribution in [0.1, 0.15) is 23.2 Å². The summed E-state index contributed by atoms with van der Waals surface area (Å²) in [6.45, 7) is 0.543. The highest BCUT2D eigenvalue weighted by atomic mass is 35.5. The molecule has 0 aromatic heterocycles. The molecule has 4 rings (SSSR count). The number of rotatable bonds is 5. The van der Waals surface area contributed by atoms with Crippen molar-refractivity contribution in [2.24, 2.45) is 0 Å². The number of amides is 3. The molecule has 1 saturated heterocycles. The molecule has 33 heavy (non-hydrogen) atoms. The molecule has 3 aromatic carbocycles. The Morgan fingerprint density at radius 3 is 2.36 bits per heavy atom. The van der Waals surface area contributed by atoms with Crippen molar-refractivity contribution in [1.29, 1.82) is 0 Å². The Hall–Kier alpha value is -3.84. The molecule has 7 nitrogen and oxygen atoms in total. The number of nitrogens with zero attached hydrogens (tertiary/aromatic N) is 1. The Labute approximate surface area is 196 Å². The number of carbonyl (C=O) groups excluding carboxylic acids is 2. The molecule has 1 aliphatic rings. The minimum atomic E-state index is -0.994. The van der Waals surface area contributed by atoms with Gasteiger partial charge in [-0.15, -0.1) is 0 Å². The molecule has 1 atom stereocenters. The van der Waals surface area contributed by atoms with E-state index in [1.165, 1.54) is 0 Å². The second-order valence-corrected chi connectivity index (χ2v) is 8.12. The van der Waals surface area contributed by atoms with Crippen LogP contribution in [-0.2, 0) is 4.79 Å². The lowest BCUT2D eigenvalue weighted by Crippen LogP contribution is -2.53. The molecule has 0 aliphatic carbocycles. The molecule has 3 N–H and O–H groups in total.